The Hall–Kier alpha value is -2.47. The SMILES string of the molecule is CCCc1ccc(-c2cc(NC(=O)Cc3csc(C)n3)n[nH]2)cc1. The van der Waals surface area contributed by atoms with Crippen LogP contribution in [-0.4, -0.2) is 21.1 Å². The molecule has 3 aromatic rings. The highest BCUT2D eigenvalue weighted by Gasteiger charge is 2.10. The molecular formula is C18H20N4OS. The third kappa shape index (κ3) is 4.08. The minimum absolute atomic E-state index is 0.114. The lowest BCUT2D eigenvalue weighted by Crippen LogP contribution is -2.14. The van der Waals surface area contributed by atoms with E-state index in [0.29, 0.717) is 5.82 Å². The first-order valence-corrected chi connectivity index (χ1v) is 8.87. The number of hydrogen-bond acceptors (Lipinski definition) is 4. The highest BCUT2D eigenvalue weighted by atomic mass is 32.1. The van der Waals surface area contributed by atoms with E-state index in [1.54, 1.807) is 11.3 Å². The summed E-state index contributed by atoms with van der Waals surface area (Å²) in [4.78, 5) is 16.4. The van der Waals surface area contributed by atoms with Gasteiger partial charge in [-0.3, -0.25) is 9.89 Å². The lowest BCUT2D eigenvalue weighted by molar-refractivity contribution is -0.115. The van der Waals surface area contributed by atoms with Crippen molar-refractivity contribution in [2.75, 3.05) is 5.32 Å². The van der Waals surface area contributed by atoms with Gasteiger partial charge < -0.3 is 5.32 Å². The number of carbonyl (C=O) groups is 1. The third-order valence-corrected chi connectivity index (χ3v) is 4.48. The van der Waals surface area contributed by atoms with Crippen LogP contribution in [0.5, 0.6) is 0 Å². The molecule has 0 radical (unpaired) electrons. The van der Waals surface area contributed by atoms with Crippen LogP contribution in [0, 0.1) is 6.92 Å². The van der Waals surface area contributed by atoms with Crippen LogP contribution in [0.3, 0.4) is 0 Å². The number of rotatable bonds is 6. The van der Waals surface area contributed by atoms with Crippen LogP contribution < -0.4 is 5.32 Å². The van der Waals surface area contributed by atoms with Crippen LogP contribution in [-0.2, 0) is 17.6 Å². The van der Waals surface area contributed by atoms with Crippen molar-refractivity contribution in [1.29, 1.82) is 0 Å². The minimum Gasteiger partial charge on any atom is -0.309 e. The zero-order valence-corrected chi connectivity index (χ0v) is 14.6. The maximum Gasteiger partial charge on any atom is 0.231 e. The number of aromatic amines is 1. The van der Waals surface area contributed by atoms with E-state index in [4.69, 9.17) is 0 Å². The minimum atomic E-state index is -0.114. The molecule has 24 heavy (non-hydrogen) atoms. The van der Waals surface area contributed by atoms with Crippen molar-refractivity contribution in [2.24, 2.45) is 0 Å². The van der Waals surface area contributed by atoms with Crippen molar-refractivity contribution in [3.63, 3.8) is 0 Å². The number of thiazole rings is 1. The van der Waals surface area contributed by atoms with Crippen molar-refractivity contribution in [1.82, 2.24) is 15.2 Å². The number of amides is 1. The number of nitrogens with one attached hydrogen (secondary N) is 2. The maximum atomic E-state index is 12.1. The van der Waals surface area contributed by atoms with Crippen molar-refractivity contribution >= 4 is 23.1 Å². The Bertz CT molecular complexity index is 820. The quantitative estimate of drug-likeness (QED) is 0.713. The molecule has 0 fully saturated rings. The van der Waals surface area contributed by atoms with E-state index in [1.807, 2.05) is 18.4 Å². The smallest absolute Gasteiger partial charge is 0.231 e. The average Bonchev–Trinajstić information content (AvgIpc) is 3.18. The van der Waals surface area contributed by atoms with Gasteiger partial charge in [0.1, 0.15) is 0 Å². The molecule has 2 N–H and O–H groups in total. The van der Waals surface area contributed by atoms with Gasteiger partial charge in [-0.15, -0.1) is 11.3 Å². The lowest BCUT2D eigenvalue weighted by atomic mass is 10.1. The number of aromatic nitrogens is 3. The molecular weight excluding hydrogens is 320 g/mol. The fraction of sp³-hybridized carbons (Fsp3) is 0.278. The Morgan fingerprint density at radius 3 is 2.75 bits per heavy atom. The first kappa shape index (κ1) is 16.4. The second kappa shape index (κ2) is 7.40. The van der Waals surface area contributed by atoms with Gasteiger partial charge in [0.15, 0.2) is 5.82 Å². The summed E-state index contributed by atoms with van der Waals surface area (Å²) in [5, 5.41) is 12.8. The molecule has 1 amide bonds. The van der Waals surface area contributed by atoms with Crippen LogP contribution >= 0.6 is 11.3 Å². The summed E-state index contributed by atoms with van der Waals surface area (Å²) in [5.41, 5.74) is 4.06. The molecule has 1 aromatic carbocycles. The highest BCUT2D eigenvalue weighted by molar-refractivity contribution is 7.09. The zero-order valence-electron chi connectivity index (χ0n) is 13.8. The lowest BCUT2D eigenvalue weighted by Gasteiger charge is -2.01. The monoisotopic (exact) mass is 340 g/mol. The van der Waals surface area contributed by atoms with E-state index in [1.165, 1.54) is 5.56 Å². The van der Waals surface area contributed by atoms with Gasteiger partial charge in [-0.1, -0.05) is 37.6 Å². The van der Waals surface area contributed by atoms with E-state index >= 15 is 0 Å². The zero-order chi connectivity index (χ0) is 16.9. The van der Waals surface area contributed by atoms with E-state index < -0.39 is 0 Å². The number of benzene rings is 1. The van der Waals surface area contributed by atoms with Crippen molar-refractivity contribution < 1.29 is 4.79 Å². The van der Waals surface area contributed by atoms with E-state index in [2.05, 4.69) is 51.7 Å². The van der Waals surface area contributed by atoms with Gasteiger partial charge in [0.2, 0.25) is 5.91 Å². The summed E-state index contributed by atoms with van der Waals surface area (Å²) in [7, 11) is 0. The Morgan fingerprint density at radius 2 is 2.08 bits per heavy atom. The highest BCUT2D eigenvalue weighted by Crippen LogP contribution is 2.21. The Kier molecular flexibility index (Phi) is 5.05. The molecule has 0 spiro atoms. The van der Waals surface area contributed by atoms with E-state index in [-0.39, 0.29) is 12.3 Å². The standard InChI is InChI=1S/C18H20N4OS/c1-3-4-13-5-7-14(8-6-13)16-10-17(22-21-16)20-18(23)9-15-11-24-12(2)19-15/h5-8,10-11H,3-4,9H2,1-2H3,(H2,20,21,22,23). The summed E-state index contributed by atoms with van der Waals surface area (Å²) in [5.74, 6) is 0.413. The van der Waals surface area contributed by atoms with Gasteiger partial charge in [0.05, 0.1) is 22.8 Å². The average molecular weight is 340 g/mol. The molecule has 124 valence electrons. The summed E-state index contributed by atoms with van der Waals surface area (Å²) >= 11 is 1.55. The molecule has 5 nitrogen and oxygen atoms in total. The molecule has 0 atom stereocenters. The molecule has 2 heterocycles. The summed E-state index contributed by atoms with van der Waals surface area (Å²) in [6.45, 7) is 4.10. The molecule has 0 saturated carbocycles. The van der Waals surface area contributed by atoms with Crippen molar-refractivity contribution in [3.8, 4) is 11.3 Å². The molecule has 0 aliphatic rings. The third-order valence-electron chi connectivity index (χ3n) is 3.66. The van der Waals surface area contributed by atoms with Gasteiger partial charge in [0.25, 0.3) is 0 Å². The molecule has 0 bridgehead atoms. The molecule has 0 aliphatic heterocycles. The van der Waals surface area contributed by atoms with Gasteiger partial charge in [-0.2, -0.15) is 5.10 Å². The summed E-state index contributed by atoms with van der Waals surface area (Å²) < 4.78 is 0. The fourth-order valence-corrected chi connectivity index (χ4v) is 3.13. The second-order valence-electron chi connectivity index (χ2n) is 5.70. The summed E-state index contributed by atoms with van der Waals surface area (Å²) in [6.07, 6.45) is 2.48. The predicted octanol–water partition coefficient (Wildman–Crippen LogP) is 3.98. The number of aryl methyl sites for hydroxylation is 2. The van der Waals surface area contributed by atoms with Crippen molar-refractivity contribution in [3.05, 3.63) is 52.0 Å². The second-order valence-corrected chi connectivity index (χ2v) is 6.76. The first-order valence-electron chi connectivity index (χ1n) is 7.99. The van der Waals surface area contributed by atoms with Crippen LogP contribution in [0.4, 0.5) is 5.82 Å². The number of carbonyl (C=O) groups excluding carboxylic acids is 1. The Labute approximate surface area is 145 Å². The van der Waals surface area contributed by atoms with Gasteiger partial charge in [-0.25, -0.2) is 4.98 Å². The van der Waals surface area contributed by atoms with Gasteiger partial charge >= 0.3 is 0 Å². The van der Waals surface area contributed by atoms with Crippen LogP contribution in [0.2, 0.25) is 0 Å². The largest absolute Gasteiger partial charge is 0.309 e. The predicted molar refractivity (Wildman–Crippen MR) is 97.2 cm³/mol. The van der Waals surface area contributed by atoms with Crippen LogP contribution in [0.25, 0.3) is 11.3 Å². The Balaban J connectivity index is 1.63. The normalized spacial score (nSPS) is 10.8. The Morgan fingerprint density at radius 1 is 1.29 bits per heavy atom. The molecule has 0 aliphatic carbocycles. The first-order chi connectivity index (χ1) is 11.6. The number of hydrogen-bond donors (Lipinski definition) is 2. The number of H-pyrrole nitrogens is 1. The number of nitrogens with zero attached hydrogens (tertiary/aromatic N) is 2. The van der Waals surface area contributed by atoms with Crippen LogP contribution in [0.15, 0.2) is 35.7 Å². The van der Waals surface area contributed by atoms with Gasteiger partial charge in [0, 0.05) is 11.4 Å². The van der Waals surface area contributed by atoms with E-state index in [0.717, 1.165) is 34.8 Å². The molecule has 3 rings (SSSR count). The molecule has 0 saturated heterocycles. The van der Waals surface area contributed by atoms with E-state index in [9.17, 15) is 4.79 Å². The molecule has 6 heteroatoms. The van der Waals surface area contributed by atoms with Crippen LogP contribution in [0.1, 0.15) is 29.6 Å². The van der Waals surface area contributed by atoms with Crippen molar-refractivity contribution in [2.45, 2.75) is 33.1 Å². The maximum absolute atomic E-state index is 12.1. The molecule has 0 unspecified atom stereocenters. The fourth-order valence-electron chi connectivity index (χ4n) is 2.51. The number of anilines is 1. The topological polar surface area (TPSA) is 70.7 Å². The van der Waals surface area contributed by atoms with Gasteiger partial charge in [-0.05, 0) is 24.5 Å². The summed E-state index contributed by atoms with van der Waals surface area (Å²) in [6, 6.07) is 10.2. The molecule has 2 aromatic heterocycles.